The van der Waals surface area contributed by atoms with E-state index in [0.717, 1.165) is 13.0 Å². The minimum Gasteiger partial charge on any atom is -0.378 e. The zero-order valence-electron chi connectivity index (χ0n) is 11.2. The third-order valence-corrected chi connectivity index (χ3v) is 4.41. The number of nitrogens with one attached hydrogen (secondary N) is 1. The van der Waals surface area contributed by atoms with Crippen molar-refractivity contribution in [3.63, 3.8) is 0 Å². The summed E-state index contributed by atoms with van der Waals surface area (Å²) in [6, 6.07) is 16.0. The van der Waals surface area contributed by atoms with Crippen LogP contribution >= 0.6 is 0 Å². The van der Waals surface area contributed by atoms with E-state index in [4.69, 9.17) is 0 Å². The topological polar surface area (TPSA) is 15.3 Å². The van der Waals surface area contributed by atoms with Crippen LogP contribution < -0.4 is 10.2 Å². The summed E-state index contributed by atoms with van der Waals surface area (Å²) in [5.41, 5.74) is 7.03. The Morgan fingerprint density at radius 1 is 1.11 bits per heavy atom. The monoisotopic (exact) mass is 250 g/mol. The minimum atomic E-state index is 0.427. The van der Waals surface area contributed by atoms with Crippen LogP contribution in [0.2, 0.25) is 0 Å². The van der Waals surface area contributed by atoms with Crippen LogP contribution in [-0.2, 0) is 12.8 Å². The fraction of sp³-hybridized carbons (Fsp3) is 0.294. The van der Waals surface area contributed by atoms with Crippen LogP contribution in [0.5, 0.6) is 0 Å². The van der Waals surface area contributed by atoms with Crippen LogP contribution in [-0.4, -0.2) is 13.6 Å². The molecule has 2 aromatic carbocycles. The van der Waals surface area contributed by atoms with E-state index in [9.17, 15) is 0 Å². The van der Waals surface area contributed by atoms with Gasteiger partial charge in [-0.25, -0.2) is 0 Å². The minimum absolute atomic E-state index is 0.427. The first-order chi connectivity index (χ1) is 9.31. The normalized spacial score (nSPS) is 20.1. The van der Waals surface area contributed by atoms with Gasteiger partial charge in [0.05, 0.1) is 6.04 Å². The third-order valence-electron chi connectivity index (χ3n) is 4.41. The SMILES string of the molecule is CN1CCc2ccc(C3Cc4ccccc4N3)cc21. The van der Waals surface area contributed by atoms with Gasteiger partial charge in [0.1, 0.15) is 0 Å². The van der Waals surface area contributed by atoms with Crippen molar-refractivity contribution in [1.82, 2.24) is 0 Å². The molecule has 0 spiro atoms. The molecule has 0 aliphatic carbocycles. The highest BCUT2D eigenvalue weighted by Crippen LogP contribution is 2.36. The van der Waals surface area contributed by atoms with Gasteiger partial charge in [0.2, 0.25) is 0 Å². The Morgan fingerprint density at radius 3 is 2.89 bits per heavy atom. The molecular formula is C17H18N2. The molecule has 19 heavy (non-hydrogen) atoms. The molecule has 2 heteroatoms. The predicted molar refractivity (Wildman–Crippen MR) is 79.9 cm³/mol. The van der Waals surface area contributed by atoms with Gasteiger partial charge in [-0.15, -0.1) is 0 Å². The standard InChI is InChI=1S/C17H18N2/c1-19-9-8-12-6-7-14(11-17(12)19)16-10-13-4-2-3-5-15(13)18-16/h2-7,11,16,18H,8-10H2,1H3. The van der Waals surface area contributed by atoms with Crippen molar-refractivity contribution < 1.29 is 0 Å². The molecule has 96 valence electrons. The maximum Gasteiger partial charge on any atom is 0.0555 e. The van der Waals surface area contributed by atoms with Crippen molar-refractivity contribution in [1.29, 1.82) is 0 Å². The highest BCUT2D eigenvalue weighted by atomic mass is 15.1. The van der Waals surface area contributed by atoms with E-state index in [-0.39, 0.29) is 0 Å². The van der Waals surface area contributed by atoms with E-state index in [1.165, 1.54) is 34.5 Å². The quantitative estimate of drug-likeness (QED) is 0.834. The molecule has 2 heterocycles. The van der Waals surface area contributed by atoms with Gasteiger partial charge in [-0.3, -0.25) is 0 Å². The van der Waals surface area contributed by atoms with E-state index in [2.05, 4.69) is 59.7 Å². The first-order valence-corrected chi connectivity index (χ1v) is 7.00. The Kier molecular flexibility index (Phi) is 2.31. The van der Waals surface area contributed by atoms with Gasteiger partial charge >= 0.3 is 0 Å². The lowest BCUT2D eigenvalue weighted by Gasteiger charge is -2.16. The van der Waals surface area contributed by atoms with Crippen molar-refractivity contribution in [3.05, 3.63) is 59.2 Å². The van der Waals surface area contributed by atoms with Crippen molar-refractivity contribution >= 4 is 11.4 Å². The van der Waals surface area contributed by atoms with Crippen LogP contribution in [0.4, 0.5) is 11.4 Å². The zero-order valence-corrected chi connectivity index (χ0v) is 11.2. The lowest BCUT2D eigenvalue weighted by molar-refractivity contribution is 0.823. The second-order valence-electron chi connectivity index (χ2n) is 5.62. The fourth-order valence-electron chi connectivity index (χ4n) is 3.27. The number of likely N-dealkylation sites (N-methyl/N-ethyl adjacent to an activating group) is 1. The van der Waals surface area contributed by atoms with Gasteiger partial charge in [-0.1, -0.05) is 30.3 Å². The molecule has 0 aromatic heterocycles. The molecule has 1 unspecified atom stereocenters. The summed E-state index contributed by atoms with van der Waals surface area (Å²) in [5, 5.41) is 3.64. The van der Waals surface area contributed by atoms with E-state index in [0.29, 0.717) is 6.04 Å². The van der Waals surface area contributed by atoms with Crippen LogP contribution in [0, 0.1) is 0 Å². The molecule has 0 fully saturated rings. The maximum atomic E-state index is 3.64. The maximum absolute atomic E-state index is 3.64. The van der Waals surface area contributed by atoms with Crippen molar-refractivity contribution in [2.24, 2.45) is 0 Å². The number of nitrogens with zero attached hydrogens (tertiary/aromatic N) is 1. The molecule has 1 N–H and O–H groups in total. The first-order valence-electron chi connectivity index (χ1n) is 7.00. The largest absolute Gasteiger partial charge is 0.378 e. The van der Waals surface area contributed by atoms with Crippen molar-refractivity contribution in [3.8, 4) is 0 Å². The Labute approximate surface area is 114 Å². The molecule has 2 nitrogen and oxygen atoms in total. The lowest BCUT2D eigenvalue weighted by atomic mass is 10.0. The second kappa shape index (κ2) is 4.02. The number of benzene rings is 2. The molecule has 0 saturated heterocycles. The van der Waals surface area contributed by atoms with Gasteiger partial charge in [-0.05, 0) is 41.7 Å². The Bertz CT molecular complexity index is 608. The average molecular weight is 250 g/mol. The zero-order chi connectivity index (χ0) is 12.8. The molecule has 0 saturated carbocycles. The second-order valence-corrected chi connectivity index (χ2v) is 5.62. The Morgan fingerprint density at radius 2 is 2.00 bits per heavy atom. The van der Waals surface area contributed by atoms with Gasteiger partial charge in [0.15, 0.2) is 0 Å². The molecular weight excluding hydrogens is 232 g/mol. The van der Waals surface area contributed by atoms with E-state index < -0.39 is 0 Å². The molecule has 2 aromatic rings. The number of anilines is 2. The van der Waals surface area contributed by atoms with Gasteiger partial charge in [0.25, 0.3) is 0 Å². The van der Waals surface area contributed by atoms with Crippen LogP contribution in [0.15, 0.2) is 42.5 Å². The van der Waals surface area contributed by atoms with Gasteiger partial charge in [0, 0.05) is 25.0 Å². The van der Waals surface area contributed by atoms with E-state index in [1.807, 2.05) is 0 Å². The number of para-hydroxylation sites is 1. The van der Waals surface area contributed by atoms with Gasteiger partial charge in [-0.2, -0.15) is 0 Å². The summed E-state index contributed by atoms with van der Waals surface area (Å²) in [7, 11) is 2.19. The van der Waals surface area contributed by atoms with Gasteiger partial charge < -0.3 is 10.2 Å². The molecule has 2 aliphatic rings. The van der Waals surface area contributed by atoms with Crippen LogP contribution in [0.1, 0.15) is 22.7 Å². The Balaban J connectivity index is 1.67. The number of fused-ring (bicyclic) bond motifs is 2. The molecule has 1 atom stereocenters. The predicted octanol–water partition coefficient (Wildman–Crippen LogP) is 3.39. The number of rotatable bonds is 1. The van der Waals surface area contributed by atoms with Crippen LogP contribution in [0.25, 0.3) is 0 Å². The molecule has 0 bridgehead atoms. The van der Waals surface area contributed by atoms with E-state index >= 15 is 0 Å². The first kappa shape index (κ1) is 10.9. The van der Waals surface area contributed by atoms with Crippen LogP contribution in [0.3, 0.4) is 0 Å². The molecule has 2 aliphatic heterocycles. The summed E-state index contributed by atoms with van der Waals surface area (Å²) in [6.07, 6.45) is 2.28. The summed E-state index contributed by atoms with van der Waals surface area (Å²) in [4.78, 5) is 2.36. The Hall–Kier alpha value is -1.96. The highest BCUT2D eigenvalue weighted by molar-refractivity contribution is 5.62. The van der Waals surface area contributed by atoms with Crippen molar-refractivity contribution in [2.45, 2.75) is 18.9 Å². The number of hydrogen-bond acceptors (Lipinski definition) is 2. The van der Waals surface area contributed by atoms with Crippen molar-refractivity contribution in [2.75, 3.05) is 23.8 Å². The average Bonchev–Trinajstić information content (AvgIpc) is 3.02. The summed E-state index contributed by atoms with van der Waals surface area (Å²) < 4.78 is 0. The summed E-state index contributed by atoms with van der Waals surface area (Å²) in [5.74, 6) is 0. The molecule has 0 amide bonds. The summed E-state index contributed by atoms with van der Waals surface area (Å²) in [6.45, 7) is 1.15. The fourth-order valence-corrected chi connectivity index (χ4v) is 3.27. The molecule has 0 radical (unpaired) electrons. The highest BCUT2D eigenvalue weighted by Gasteiger charge is 2.23. The lowest BCUT2D eigenvalue weighted by Crippen LogP contribution is -2.13. The smallest absolute Gasteiger partial charge is 0.0555 e. The number of hydrogen-bond donors (Lipinski definition) is 1. The van der Waals surface area contributed by atoms with E-state index in [1.54, 1.807) is 0 Å². The summed E-state index contributed by atoms with van der Waals surface area (Å²) >= 11 is 0. The third kappa shape index (κ3) is 1.71. The molecule has 4 rings (SSSR count).